The minimum atomic E-state index is -0.501. The zero-order valence-corrected chi connectivity index (χ0v) is 11.4. The Kier molecular flexibility index (Phi) is 3.45. The van der Waals surface area contributed by atoms with Crippen LogP contribution in [0.3, 0.4) is 0 Å². The van der Waals surface area contributed by atoms with Crippen molar-refractivity contribution in [2.45, 2.75) is 12.8 Å². The maximum atomic E-state index is 13.4. The number of halogens is 2. The number of ketones is 1. The van der Waals surface area contributed by atoms with Gasteiger partial charge in [0.25, 0.3) is 0 Å². The highest BCUT2D eigenvalue weighted by Crippen LogP contribution is 2.26. The second-order valence-corrected chi connectivity index (χ2v) is 5.18. The smallest absolute Gasteiger partial charge is 0.167 e. The van der Waals surface area contributed by atoms with Crippen LogP contribution in [0.4, 0.5) is 4.39 Å². The molecule has 0 bridgehead atoms. The summed E-state index contributed by atoms with van der Waals surface area (Å²) in [6.45, 7) is 0.662. The molecule has 0 unspecified atom stereocenters. The summed E-state index contributed by atoms with van der Waals surface area (Å²) in [7, 11) is 0. The summed E-state index contributed by atoms with van der Waals surface area (Å²) in [5.74, 6) is 0.305. The second kappa shape index (κ2) is 5.25. The first kappa shape index (κ1) is 13.1. The molecule has 2 nitrogen and oxygen atoms in total. The van der Waals surface area contributed by atoms with Crippen LogP contribution >= 0.6 is 11.6 Å². The number of hydrogen-bond acceptors (Lipinski definition) is 2. The van der Waals surface area contributed by atoms with Crippen LogP contribution in [-0.2, 0) is 12.8 Å². The average Bonchev–Trinajstić information content (AvgIpc) is 2.90. The molecule has 0 radical (unpaired) electrons. The molecule has 20 heavy (non-hydrogen) atoms. The summed E-state index contributed by atoms with van der Waals surface area (Å²) in [5, 5.41) is 0.0656. The molecule has 1 aliphatic rings. The molecule has 0 amide bonds. The van der Waals surface area contributed by atoms with Crippen molar-refractivity contribution in [2.24, 2.45) is 0 Å². The molecular weight excluding hydrogens is 279 g/mol. The normalized spacial score (nSPS) is 12.9. The van der Waals surface area contributed by atoms with E-state index in [0.717, 1.165) is 17.7 Å². The first-order valence-electron chi connectivity index (χ1n) is 6.36. The van der Waals surface area contributed by atoms with Gasteiger partial charge in [-0.3, -0.25) is 4.79 Å². The van der Waals surface area contributed by atoms with Crippen LogP contribution in [0, 0.1) is 5.82 Å². The van der Waals surface area contributed by atoms with Crippen molar-refractivity contribution in [3.8, 4) is 5.75 Å². The second-order valence-electron chi connectivity index (χ2n) is 4.77. The molecule has 0 aliphatic carbocycles. The van der Waals surface area contributed by atoms with E-state index in [1.165, 1.54) is 12.1 Å². The van der Waals surface area contributed by atoms with Gasteiger partial charge in [-0.1, -0.05) is 17.7 Å². The maximum Gasteiger partial charge on any atom is 0.167 e. The van der Waals surface area contributed by atoms with E-state index >= 15 is 0 Å². The van der Waals surface area contributed by atoms with E-state index in [1.807, 2.05) is 12.1 Å². The summed E-state index contributed by atoms with van der Waals surface area (Å²) in [6.07, 6.45) is 0.986. The van der Waals surface area contributed by atoms with Crippen molar-refractivity contribution in [2.75, 3.05) is 6.61 Å². The average molecular weight is 291 g/mol. The largest absolute Gasteiger partial charge is 0.493 e. The Bertz CT molecular complexity index is 682. The van der Waals surface area contributed by atoms with Gasteiger partial charge < -0.3 is 4.74 Å². The zero-order chi connectivity index (χ0) is 14.1. The van der Waals surface area contributed by atoms with E-state index in [-0.39, 0.29) is 17.2 Å². The van der Waals surface area contributed by atoms with E-state index in [0.29, 0.717) is 17.7 Å². The lowest BCUT2D eigenvalue weighted by Crippen LogP contribution is -2.04. The fourth-order valence-corrected chi connectivity index (χ4v) is 2.41. The van der Waals surface area contributed by atoms with E-state index < -0.39 is 5.82 Å². The molecule has 0 atom stereocenters. The van der Waals surface area contributed by atoms with Gasteiger partial charge in [-0.2, -0.15) is 0 Å². The van der Waals surface area contributed by atoms with Gasteiger partial charge in [0.05, 0.1) is 11.6 Å². The maximum absolute atomic E-state index is 13.4. The van der Waals surface area contributed by atoms with Crippen LogP contribution in [0.5, 0.6) is 5.75 Å². The van der Waals surface area contributed by atoms with E-state index in [4.69, 9.17) is 16.3 Å². The van der Waals surface area contributed by atoms with Gasteiger partial charge >= 0.3 is 0 Å². The number of rotatable bonds is 3. The Morgan fingerprint density at radius 1 is 1.25 bits per heavy atom. The van der Waals surface area contributed by atoms with Crippen molar-refractivity contribution in [1.82, 2.24) is 0 Å². The van der Waals surface area contributed by atoms with Gasteiger partial charge in [-0.25, -0.2) is 4.39 Å². The van der Waals surface area contributed by atoms with Crippen LogP contribution in [0.1, 0.15) is 21.5 Å². The number of carbonyl (C=O) groups is 1. The highest BCUT2D eigenvalue weighted by molar-refractivity contribution is 6.30. The van der Waals surface area contributed by atoms with Gasteiger partial charge in [-0.05, 0) is 41.5 Å². The molecule has 102 valence electrons. The van der Waals surface area contributed by atoms with Crippen LogP contribution in [0.25, 0.3) is 0 Å². The Morgan fingerprint density at radius 3 is 2.90 bits per heavy atom. The van der Waals surface area contributed by atoms with Gasteiger partial charge in [0, 0.05) is 18.4 Å². The van der Waals surface area contributed by atoms with Crippen LogP contribution < -0.4 is 4.74 Å². The Morgan fingerprint density at radius 2 is 2.10 bits per heavy atom. The van der Waals surface area contributed by atoms with Crippen LogP contribution in [0.15, 0.2) is 36.4 Å². The Hall–Kier alpha value is -1.87. The molecule has 0 N–H and O–H groups in total. The van der Waals surface area contributed by atoms with Gasteiger partial charge in [0.2, 0.25) is 0 Å². The summed E-state index contributed by atoms with van der Waals surface area (Å²) in [6, 6.07) is 9.86. The zero-order valence-electron chi connectivity index (χ0n) is 10.7. The van der Waals surface area contributed by atoms with Gasteiger partial charge in [-0.15, -0.1) is 0 Å². The molecule has 2 aromatic carbocycles. The summed E-state index contributed by atoms with van der Waals surface area (Å²) >= 11 is 5.62. The van der Waals surface area contributed by atoms with Crippen LogP contribution in [-0.4, -0.2) is 12.4 Å². The third-order valence-electron chi connectivity index (χ3n) is 3.36. The predicted octanol–water partition coefficient (Wildman–Crippen LogP) is 3.84. The summed E-state index contributed by atoms with van der Waals surface area (Å²) in [4.78, 5) is 12.2. The lowest BCUT2D eigenvalue weighted by atomic mass is 10.0. The molecule has 0 fully saturated rings. The lowest BCUT2D eigenvalue weighted by Gasteiger charge is -2.05. The number of ether oxygens (including phenoxy) is 1. The summed E-state index contributed by atoms with van der Waals surface area (Å²) in [5.41, 5.74) is 2.30. The number of carbonyl (C=O) groups excluding carboxylic acids is 1. The summed E-state index contributed by atoms with van der Waals surface area (Å²) < 4.78 is 18.8. The number of benzene rings is 2. The number of hydrogen-bond donors (Lipinski definition) is 0. The Balaban J connectivity index is 1.80. The molecule has 0 aromatic heterocycles. The molecule has 0 saturated carbocycles. The quantitative estimate of drug-likeness (QED) is 0.803. The molecule has 2 aromatic rings. The monoisotopic (exact) mass is 290 g/mol. The minimum Gasteiger partial charge on any atom is -0.493 e. The predicted molar refractivity (Wildman–Crippen MR) is 75.1 cm³/mol. The van der Waals surface area contributed by atoms with E-state index in [2.05, 4.69) is 0 Å². The van der Waals surface area contributed by atoms with Gasteiger partial charge in [0.1, 0.15) is 11.6 Å². The first-order valence-corrected chi connectivity index (χ1v) is 6.74. The highest BCUT2D eigenvalue weighted by atomic mass is 35.5. The first-order chi connectivity index (χ1) is 9.63. The van der Waals surface area contributed by atoms with E-state index in [1.54, 1.807) is 12.1 Å². The number of Topliss-reactive ketones (excluding diaryl/α,β-unsaturated/α-hetero) is 1. The molecule has 0 saturated heterocycles. The highest BCUT2D eigenvalue weighted by Gasteiger charge is 2.15. The standard InChI is InChI=1S/C16H12ClFO2/c17-13-3-1-10(7-14(13)18)8-15(19)11-2-4-16-12(9-11)5-6-20-16/h1-4,7,9H,5-6,8H2. The molecular formula is C16H12ClFO2. The van der Waals surface area contributed by atoms with Crippen molar-refractivity contribution >= 4 is 17.4 Å². The lowest BCUT2D eigenvalue weighted by molar-refractivity contribution is 0.0993. The molecule has 3 rings (SSSR count). The Labute approximate surface area is 121 Å². The SMILES string of the molecule is O=C(Cc1ccc(Cl)c(F)c1)c1ccc2c(c1)CCO2. The molecule has 1 heterocycles. The topological polar surface area (TPSA) is 26.3 Å². The number of fused-ring (bicyclic) bond motifs is 1. The van der Waals surface area contributed by atoms with Gasteiger partial charge in [0.15, 0.2) is 5.78 Å². The molecule has 4 heteroatoms. The molecule has 1 aliphatic heterocycles. The van der Waals surface area contributed by atoms with Crippen molar-refractivity contribution in [3.05, 3.63) is 63.9 Å². The third kappa shape index (κ3) is 2.54. The van der Waals surface area contributed by atoms with Crippen LogP contribution in [0.2, 0.25) is 5.02 Å². The fourth-order valence-electron chi connectivity index (χ4n) is 2.30. The third-order valence-corrected chi connectivity index (χ3v) is 3.67. The van der Waals surface area contributed by atoms with Crippen molar-refractivity contribution in [1.29, 1.82) is 0 Å². The minimum absolute atomic E-state index is 0.0403. The molecule has 0 spiro atoms. The fraction of sp³-hybridized carbons (Fsp3) is 0.188. The van der Waals surface area contributed by atoms with Crippen molar-refractivity contribution in [3.63, 3.8) is 0 Å². The van der Waals surface area contributed by atoms with E-state index in [9.17, 15) is 9.18 Å². The van der Waals surface area contributed by atoms with Crippen molar-refractivity contribution < 1.29 is 13.9 Å².